The van der Waals surface area contributed by atoms with Gasteiger partial charge in [0, 0.05) is 5.39 Å². The van der Waals surface area contributed by atoms with Crippen LogP contribution in [-0.2, 0) is 0 Å². The molecule has 1 aromatic heterocycles. The van der Waals surface area contributed by atoms with Crippen molar-refractivity contribution >= 4 is 44.4 Å². The van der Waals surface area contributed by atoms with Gasteiger partial charge >= 0.3 is 5.97 Å². The van der Waals surface area contributed by atoms with E-state index in [0.29, 0.717) is 10.9 Å². The van der Waals surface area contributed by atoms with Crippen LogP contribution in [-0.4, -0.2) is 16.1 Å². The Kier molecular flexibility index (Phi) is 2.63. The Morgan fingerprint density at radius 3 is 2.73 bits per heavy atom. The Labute approximate surface area is 98.8 Å². The summed E-state index contributed by atoms with van der Waals surface area (Å²) in [4.78, 5) is 15.0. The van der Waals surface area contributed by atoms with Crippen LogP contribution in [0.2, 0.25) is 5.02 Å². The van der Waals surface area contributed by atoms with Gasteiger partial charge in [0.05, 0.1) is 10.5 Å². The number of hydrogen-bond donors (Lipinski definition) is 1. The van der Waals surface area contributed by atoms with Gasteiger partial charge in [-0.25, -0.2) is 9.78 Å². The first-order valence-corrected chi connectivity index (χ1v) is 5.25. The topological polar surface area (TPSA) is 50.2 Å². The van der Waals surface area contributed by atoms with Crippen LogP contribution in [0.1, 0.15) is 10.4 Å². The smallest absolute Gasteiger partial charge is 0.340 e. The molecular weight excluding hydrogens is 281 g/mol. The fraction of sp³-hybridized carbons (Fsp3) is 0. The van der Waals surface area contributed by atoms with E-state index < -0.39 is 5.97 Å². The summed E-state index contributed by atoms with van der Waals surface area (Å²) in [5.74, 6) is -1.09. The molecule has 0 saturated heterocycles. The molecule has 0 unspecified atom stereocenters. The van der Waals surface area contributed by atoms with Gasteiger partial charge in [-0.05, 0) is 22.0 Å². The van der Waals surface area contributed by atoms with Crippen molar-refractivity contribution in [2.45, 2.75) is 0 Å². The number of carbonyl (C=O) groups is 1. The molecule has 1 N–H and O–H groups in total. The number of pyridine rings is 1. The van der Waals surface area contributed by atoms with Gasteiger partial charge in [0.25, 0.3) is 0 Å². The molecule has 76 valence electrons. The van der Waals surface area contributed by atoms with Gasteiger partial charge in [-0.3, -0.25) is 0 Å². The highest BCUT2D eigenvalue weighted by Gasteiger charge is 2.17. The summed E-state index contributed by atoms with van der Waals surface area (Å²) in [5, 5.41) is 9.80. The van der Waals surface area contributed by atoms with Gasteiger partial charge in [0.1, 0.15) is 10.2 Å². The number of carboxylic acids is 1. The van der Waals surface area contributed by atoms with Crippen molar-refractivity contribution in [2.75, 3.05) is 0 Å². The van der Waals surface area contributed by atoms with Gasteiger partial charge in [0.15, 0.2) is 0 Å². The largest absolute Gasteiger partial charge is 0.478 e. The summed E-state index contributed by atoms with van der Waals surface area (Å²) in [6, 6.07) is 7.12. The molecule has 15 heavy (non-hydrogen) atoms. The minimum absolute atomic E-state index is 0.00429. The van der Waals surface area contributed by atoms with Crippen LogP contribution in [0.4, 0.5) is 0 Å². The van der Waals surface area contributed by atoms with E-state index in [1.807, 2.05) is 6.07 Å². The summed E-state index contributed by atoms with van der Waals surface area (Å²) in [5.41, 5.74) is 0.662. The van der Waals surface area contributed by atoms with Crippen molar-refractivity contribution in [1.82, 2.24) is 4.98 Å². The van der Waals surface area contributed by atoms with E-state index in [9.17, 15) is 4.79 Å². The Bertz CT molecular complexity index is 556. The second-order valence-electron chi connectivity index (χ2n) is 2.91. The molecule has 1 aromatic carbocycles. The average molecular weight is 287 g/mol. The van der Waals surface area contributed by atoms with Gasteiger partial charge < -0.3 is 5.11 Å². The molecule has 3 nitrogen and oxygen atoms in total. The SMILES string of the molecule is O=C(O)c1c(Br)nc2ccccc2c1Cl. The number of halogens is 2. The monoisotopic (exact) mass is 285 g/mol. The number of carboxylic acid groups (broad SMARTS) is 1. The Morgan fingerprint density at radius 1 is 1.40 bits per heavy atom. The summed E-state index contributed by atoms with van der Waals surface area (Å²) >= 11 is 9.08. The lowest BCUT2D eigenvalue weighted by molar-refractivity contribution is 0.0696. The molecule has 1 heterocycles. The van der Waals surface area contributed by atoms with Crippen molar-refractivity contribution in [3.8, 4) is 0 Å². The number of benzene rings is 1. The van der Waals surface area contributed by atoms with E-state index in [0.717, 1.165) is 0 Å². The molecule has 0 atom stereocenters. The van der Waals surface area contributed by atoms with Crippen LogP contribution in [0, 0.1) is 0 Å². The highest BCUT2D eigenvalue weighted by molar-refractivity contribution is 9.10. The summed E-state index contributed by atoms with van der Waals surface area (Å²) in [6.45, 7) is 0. The van der Waals surface area contributed by atoms with Gasteiger partial charge in [0.2, 0.25) is 0 Å². The third kappa shape index (κ3) is 1.70. The number of para-hydroxylation sites is 1. The Morgan fingerprint density at radius 2 is 2.07 bits per heavy atom. The molecule has 0 fully saturated rings. The van der Waals surface area contributed by atoms with Crippen LogP contribution in [0.5, 0.6) is 0 Å². The Balaban J connectivity index is 2.90. The van der Waals surface area contributed by atoms with Crippen molar-refractivity contribution in [1.29, 1.82) is 0 Å². The van der Waals surface area contributed by atoms with Crippen molar-refractivity contribution in [3.63, 3.8) is 0 Å². The minimum Gasteiger partial charge on any atom is -0.478 e. The lowest BCUT2D eigenvalue weighted by Gasteiger charge is -2.05. The molecule has 0 amide bonds. The predicted molar refractivity (Wildman–Crippen MR) is 61.4 cm³/mol. The summed E-state index contributed by atoms with van der Waals surface area (Å²) < 4.78 is 0.249. The molecule has 5 heteroatoms. The normalized spacial score (nSPS) is 10.5. The maximum Gasteiger partial charge on any atom is 0.340 e. The standard InChI is InChI=1S/C10H5BrClNO2/c11-9-7(10(14)15)8(12)5-3-1-2-4-6(5)13-9/h1-4H,(H,14,15). The number of fused-ring (bicyclic) bond motifs is 1. The molecule has 2 aromatic rings. The fourth-order valence-corrected chi connectivity index (χ4v) is 2.33. The van der Waals surface area contributed by atoms with Crippen LogP contribution >= 0.6 is 27.5 Å². The van der Waals surface area contributed by atoms with E-state index in [4.69, 9.17) is 16.7 Å². The summed E-state index contributed by atoms with van der Waals surface area (Å²) in [6.07, 6.45) is 0. The molecule has 0 spiro atoms. The molecule has 0 aliphatic carbocycles. The van der Waals surface area contributed by atoms with Crippen LogP contribution in [0.25, 0.3) is 10.9 Å². The maximum absolute atomic E-state index is 10.9. The third-order valence-electron chi connectivity index (χ3n) is 2.00. The first kappa shape index (κ1) is 10.4. The maximum atomic E-state index is 10.9. The third-order valence-corrected chi connectivity index (χ3v) is 2.97. The van der Waals surface area contributed by atoms with E-state index in [2.05, 4.69) is 20.9 Å². The Hall–Kier alpha value is -1.13. The molecule has 0 bridgehead atoms. The van der Waals surface area contributed by atoms with Gasteiger partial charge in [-0.15, -0.1) is 0 Å². The van der Waals surface area contributed by atoms with Crippen LogP contribution in [0.3, 0.4) is 0 Å². The second-order valence-corrected chi connectivity index (χ2v) is 4.04. The van der Waals surface area contributed by atoms with E-state index in [1.165, 1.54) is 0 Å². The van der Waals surface area contributed by atoms with Crippen molar-refractivity contribution in [2.24, 2.45) is 0 Å². The number of aromatic nitrogens is 1. The second kappa shape index (κ2) is 3.79. The van der Waals surface area contributed by atoms with Gasteiger partial charge in [-0.2, -0.15) is 0 Å². The first-order chi connectivity index (χ1) is 7.11. The van der Waals surface area contributed by atoms with Crippen molar-refractivity contribution < 1.29 is 9.90 Å². The zero-order valence-corrected chi connectivity index (χ0v) is 9.71. The number of rotatable bonds is 1. The van der Waals surface area contributed by atoms with Crippen LogP contribution < -0.4 is 0 Å². The van der Waals surface area contributed by atoms with Gasteiger partial charge in [-0.1, -0.05) is 29.8 Å². The van der Waals surface area contributed by atoms with Crippen molar-refractivity contribution in [3.05, 3.63) is 39.5 Å². The molecule has 0 aliphatic rings. The predicted octanol–water partition coefficient (Wildman–Crippen LogP) is 3.35. The molecule has 0 saturated carbocycles. The van der Waals surface area contributed by atoms with E-state index in [1.54, 1.807) is 18.2 Å². The zero-order chi connectivity index (χ0) is 11.0. The molecule has 0 aliphatic heterocycles. The fourth-order valence-electron chi connectivity index (χ4n) is 1.33. The molecule has 2 rings (SSSR count). The highest BCUT2D eigenvalue weighted by Crippen LogP contribution is 2.30. The lowest BCUT2D eigenvalue weighted by Crippen LogP contribution is -2.01. The molecule has 0 radical (unpaired) electrons. The van der Waals surface area contributed by atoms with E-state index >= 15 is 0 Å². The zero-order valence-electron chi connectivity index (χ0n) is 7.37. The summed E-state index contributed by atoms with van der Waals surface area (Å²) in [7, 11) is 0. The highest BCUT2D eigenvalue weighted by atomic mass is 79.9. The average Bonchev–Trinajstić information content (AvgIpc) is 2.17. The molecular formula is C10H5BrClNO2. The minimum atomic E-state index is -1.09. The lowest BCUT2D eigenvalue weighted by atomic mass is 10.1. The first-order valence-electron chi connectivity index (χ1n) is 4.08. The number of nitrogens with zero attached hydrogens (tertiary/aromatic N) is 1. The number of hydrogen-bond acceptors (Lipinski definition) is 2. The van der Waals surface area contributed by atoms with E-state index in [-0.39, 0.29) is 15.2 Å². The quantitative estimate of drug-likeness (QED) is 0.818. The number of aromatic carboxylic acids is 1. The van der Waals surface area contributed by atoms with Crippen LogP contribution in [0.15, 0.2) is 28.9 Å².